The number of rotatable bonds is 7. The number of aryl methyl sites for hydroxylation is 1. The predicted octanol–water partition coefficient (Wildman–Crippen LogP) is 4.43. The van der Waals surface area contributed by atoms with Crippen LogP contribution in [-0.2, 0) is 21.4 Å². The second-order valence-electron chi connectivity index (χ2n) is 7.69. The van der Waals surface area contributed by atoms with Crippen molar-refractivity contribution in [2.75, 3.05) is 6.54 Å². The Hall–Kier alpha value is -1.96. The van der Waals surface area contributed by atoms with Gasteiger partial charge in [-0.05, 0) is 44.0 Å². The zero-order valence-corrected chi connectivity index (χ0v) is 18.5. The van der Waals surface area contributed by atoms with E-state index in [9.17, 15) is 17.6 Å². The summed E-state index contributed by atoms with van der Waals surface area (Å²) in [5, 5.41) is 3.04. The maximum atomic E-state index is 14.4. The molecule has 3 rings (SSSR count). The van der Waals surface area contributed by atoms with Gasteiger partial charge in [-0.25, -0.2) is 12.8 Å². The Morgan fingerprint density at radius 1 is 1.13 bits per heavy atom. The molecule has 0 bridgehead atoms. The molecule has 2 aromatic carbocycles. The van der Waals surface area contributed by atoms with Gasteiger partial charge in [0, 0.05) is 23.2 Å². The van der Waals surface area contributed by atoms with Crippen molar-refractivity contribution >= 4 is 27.5 Å². The van der Waals surface area contributed by atoms with Crippen LogP contribution in [0, 0.1) is 12.7 Å². The van der Waals surface area contributed by atoms with Crippen molar-refractivity contribution in [3.05, 3.63) is 64.4 Å². The lowest BCUT2D eigenvalue weighted by Crippen LogP contribution is -2.44. The zero-order valence-electron chi connectivity index (χ0n) is 16.9. The third kappa shape index (κ3) is 5.59. The van der Waals surface area contributed by atoms with Crippen molar-refractivity contribution in [2.45, 2.75) is 56.5 Å². The molecule has 0 spiro atoms. The molecule has 1 aliphatic rings. The fourth-order valence-corrected chi connectivity index (χ4v) is 5.21. The van der Waals surface area contributed by atoms with E-state index in [-0.39, 0.29) is 28.1 Å². The third-order valence-corrected chi connectivity index (χ3v) is 7.51. The summed E-state index contributed by atoms with van der Waals surface area (Å²) >= 11 is 6.12. The largest absolute Gasteiger partial charge is 0.352 e. The number of hydrogen-bond acceptors (Lipinski definition) is 3. The maximum absolute atomic E-state index is 14.4. The van der Waals surface area contributed by atoms with Gasteiger partial charge in [-0.2, -0.15) is 4.31 Å². The summed E-state index contributed by atoms with van der Waals surface area (Å²) in [5.41, 5.74) is 0.952. The Labute approximate surface area is 182 Å². The monoisotopic (exact) mass is 452 g/mol. The molecule has 0 heterocycles. The molecular weight excluding hydrogens is 427 g/mol. The van der Waals surface area contributed by atoms with E-state index in [4.69, 9.17) is 11.6 Å². The van der Waals surface area contributed by atoms with Crippen LogP contribution in [0.15, 0.2) is 47.4 Å². The molecule has 162 valence electrons. The lowest BCUT2D eigenvalue weighted by Gasteiger charge is -2.26. The number of sulfonamides is 1. The minimum absolute atomic E-state index is 0.0420. The van der Waals surface area contributed by atoms with E-state index in [0.29, 0.717) is 0 Å². The van der Waals surface area contributed by atoms with E-state index in [1.165, 1.54) is 30.3 Å². The lowest BCUT2D eigenvalue weighted by molar-refractivity contribution is -0.122. The van der Waals surface area contributed by atoms with E-state index < -0.39 is 28.3 Å². The topological polar surface area (TPSA) is 66.5 Å². The highest BCUT2D eigenvalue weighted by atomic mass is 35.5. The highest BCUT2D eigenvalue weighted by molar-refractivity contribution is 7.89. The van der Waals surface area contributed by atoms with Gasteiger partial charge in [0.15, 0.2) is 0 Å². The normalized spacial score (nSPS) is 15.3. The van der Waals surface area contributed by atoms with Crippen LogP contribution in [0.1, 0.15) is 43.2 Å². The van der Waals surface area contributed by atoms with Gasteiger partial charge in [0.2, 0.25) is 15.9 Å². The average Bonchev–Trinajstić information content (AvgIpc) is 2.71. The number of nitrogens with zero attached hydrogens (tertiary/aromatic N) is 1. The summed E-state index contributed by atoms with van der Waals surface area (Å²) in [6.07, 6.45) is 5.00. The number of nitrogens with one attached hydrogen (secondary N) is 1. The predicted molar refractivity (Wildman–Crippen MR) is 115 cm³/mol. The average molecular weight is 453 g/mol. The molecule has 1 N–H and O–H groups in total. The minimum Gasteiger partial charge on any atom is -0.352 e. The number of amides is 1. The van der Waals surface area contributed by atoms with E-state index in [1.54, 1.807) is 12.1 Å². The SMILES string of the molecule is Cc1ccc(S(=O)(=O)N(CC(=O)NC2CCCCC2)Cc2c(F)cccc2Cl)cc1. The Morgan fingerprint density at radius 2 is 1.80 bits per heavy atom. The maximum Gasteiger partial charge on any atom is 0.243 e. The van der Waals surface area contributed by atoms with E-state index in [2.05, 4.69) is 5.32 Å². The summed E-state index contributed by atoms with van der Waals surface area (Å²) in [4.78, 5) is 12.7. The highest BCUT2D eigenvalue weighted by Gasteiger charge is 2.29. The summed E-state index contributed by atoms with van der Waals surface area (Å²) in [6.45, 7) is 1.11. The van der Waals surface area contributed by atoms with Crippen molar-refractivity contribution in [2.24, 2.45) is 0 Å². The van der Waals surface area contributed by atoms with Crippen LogP contribution in [0.25, 0.3) is 0 Å². The van der Waals surface area contributed by atoms with Gasteiger partial charge in [0.25, 0.3) is 0 Å². The van der Waals surface area contributed by atoms with E-state index >= 15 is 0 Å². The second kappa shape index (κ2) is 9.90. The summed E-state index contributed by atoms with van der Waals surface area (Å²) in [5.74, 6) is -1.01. The molecule has 5 nitrogen and oxygen atoms in total. The van der Waals surface area contributed by atoms with Gasteiger partial charge < -0.3 is 5.32 Å². The van der Waals surface area contributed by atoms with Gasteiger partial charge in [-0.3, -0.25) is 4.79 Å². The van der Waals surface area contributed by atoms with Gasteiger partial charge in [0.05, 0.1) is 11.4 Å². The molecule has 1 amide bonds. The minimum atomic E-state index is -4.04. The molecule has 1 fully saturated rings. The third-order valence-electron chi connectivity index (χ3n) is 5.35. The van der Waals surface area contributed by atoms with Crippen LogP contribution in [0.4, 0.5) is 4.39 Å². The first-order chi connectivity index (χ1) is 14.3. The molecule has 1 saturated carbocycles. The van der Waals surface area contributed by atoms with Gasteiger partial charge >= 0.3 is 0 Å². The number of carbonyl (C=O) groups is 1. The van der Waals surface area contributed by atoms with Crippen LogP contribution in [0.2, 0.25) is 5.02 Å². The summed E-state index contributed by atoms with van der Waals surface area (Å²) in [6, 6.07) is 10.6. The molecule has 1 aliphatic carbocycles. The molecule has 2 aromatic rings. The van der Waals surface area contributed by atoms with E-state index in [1.807, 2.05) is 6.92 Å². The molecule has 0 atom stereocenters. The number of carbonyl (C=O) groups excluding carboxylic acids is 1. The first kappa shape index (κ1) is 22.7. The highest BCUT2D eigenvalue weighted by Crippen LogP contribution is 2.25. The van der Waals surface area contributed by atoms with Gasteiger partial charge in [-0.1, -0.05) is 54.6 Å². The van der Waals surface area contributed by atoms with Crippen molar-refractivity contribution < 1.29 is 17.6 Å². The number of halogens is 2. The van der Waals surface area contributed by atoms with Crippen molar-refractivity contribution in [3.63, 3.8) is 0 Å². The van der Waals surface area contributed by atoms with Crippen LogP contribution in [0.5, 0.6) is 0 Å². The summed E-state index contributed by atoms with van der Waals surface area (Å²) < 4.78 is 41.9. The molecular formula is C22H26ClFN2O3S. The van der Waals surface area contributed by atoms with Crippen molar-refractivity contribution in [1.82, 2.24) is 9.62 Å². The smallest absolute Gasteiger partial charge is 0.243 e. The quantitative estimate of drug-likeness (QED) is 0.675. The van der Waals surface area contributed by atoms with Crippen LogP contribution in [-0.4, -0.2) is 31.2 Å². The summed E-state index contributed by atoms with van der Waals surface area (Å²) in [7, 11) is -4.04. The molecule has 0 aromatic heterocycles. The first-order valence-electron chi connectivity index (χ1n) is 10.1. The Balaban J connectivity index is 1.87. The van der Waals surface area contributed by atoms with Gasteiger partial charge in [-0.15, -0.1) is 0 Å². The van der Waals surface area contributed by atoms with Crippen LogP contribution < -0.4 is 5.32 Å². The molecule has 0 radical (unpaired) electrons. The number of hydrogen-bond donors (Lipinski definition) is 1. The fraction of sp³-hybridized carbons (Fsp3) is 0.409. The van der Waals surface area contributed by atoms with Crippen LogP contribution in [0.3, 0.4) is 0 Å². The molecule has 30 heavy (non-hydrogen) atoms. The molecule has 0 aliphatic heterocycles. The molecule has 8 heteroatoms. The second-order valence-corrected chi connectivity index (χ2v) is 10.0. The van der Waals surface area contributed by atoms with Crippen molar-refractivity contribution in [3.8, 4) is 0 Å². The van der Waals surface area contributed by atoms with Crippen molar-refractivity contribution in [1.29, 1.82) is 0 Å². The standard InChI is InChI=1S/C22H26ClFN2O3S/c1-16-10-12-18(13-11-16)30(28,29)26(14-19-20(23)8-5-9-21(19)24)15-22(27)25-17-6-3-2-4-7-17/h5,8-13,17H,2-4,6-7,14-15H2,1H3,(H,25,27). The first-order valence-corrected chi connectivity index (χ1v) is 11.9. The molecule has 0 saturated heterocycles. The Bertz CT molecular complexity index is 970. The zero-order chi connectivity index (χ0) is 21.7. The van der Waals surface area contributed by atoms with E-state index in [0.717, 1.165) is 42.0 Å². The lowest BCUT2D eigenvalue weighted by atomic mass is 9.95. The number of benzene rings is 2. The van der Waals surface area contributed by atoms with Crippen LogP contribution >= 0.6 is 11.6 Å². The Kier molecular flexibility index (Phi) is 7.50. The fourth-order valence-electron chi connectivity index (χ4n) is 3.63. The van der Waals surface area contributed by atoms with Gasteiger partial charge in [0.1, 0.15) is 5.82 Å². The molecule has 0 unspecified atom stereocenters. The Morgan fingerprint density at radius 3 is 2.43 bits per heavy atom.